The fraction of sp³-hybridized carbons (Fsp3) is 0.316. The lowest BCUT2D eigenvalue weighted by atomic mass is 9.76. The topological polar surface area (TPSA) is 71.2 Å². The molecule has 5 heteroatoms. The minimum Gasteiger partial charge on any atom is -0.508 e. The number of nitrogens with one attached hydrogen (secondary N) is 1. The molecule has 1 aliphatic heterocycles. The Kier molecular flexibility index (Phi) is 4.06. The van der Waals surface area contributed by atoms with Gasteiger partial charge in [-0.15, -0.1) is 0 Å². The molecule has 1 aromatic carbocycles. The van der Waals surface area contributed by atoms with Crippen LogP contribution in [0.2, 0.25) is 0 Å². The molecular formula is C19H20BrN3O. The van der Waals surface area contributed by atoms with Gasteiger partial charge < -0.3 is 16.2 Å². The van der Waals surface area contributed by atoms with Crippen LogP contribution in [0.3, 0.4) is 0 Å². The van der Waals surface area contributed by atoms with E-state index in [1.54, 1.807) is 12.1 Å². The van der Waals surface area contributed by atoms with E-state index in [0.717, 1.165) is 47.2 Å². The van der Waals surface area contributed by atoms with Crippen molar-refractivity contribution in [3.8, 4) is 5.75 Å². The zero-order valence-corrected chi connectivity index (χ0v) is 14.9. The number of rotatable bonds is 1. The number of pyridine rings is 1. The van der Waals surface area contributed by atoms with Gasteiger partial charge in [0, 0.05) is 27.8 Å². The number of phenols is 1. The normalized spacial score (nSPS) is 20.7. The van der Waals surface area contributed by atoms with Crippen LogP contribution in [0.1, 0.15) is 41.1 Å². The summed E-state index contributed by atoms with van der Waals surface area (Å²) >= 11 is 3.52. The number of halogens is 1. The molecule has 4 N–H and O–H groups in total. The highest BCUT2D eigenvalue weighted by Gasteiger charge is 2.32. The largest absolute Gasteiger partial charge is 0.508 e. The lowest BCUT2D eigenvalue weighted by molar-refractivity contribution is 0.338. The zero-order chi connectivity index (χ0) is 16.7. The van der Waals surface area contributed by atoms with E-state index in [1.165, 1.54) is 5.56 Å². The molecule has 4 rings (SSSR count). The third kappa shape index (κ3) is 2.72. The van der Waals surface area contributed by atoms with Crippen LogP contribution in [-0.4, -0.2) is 23.2 Å². The molecule has 1 fully saturated rings. The number of nitrogens with zero attached hydrogens (tertiary/aromatic N) is 1. The molecule has 2 heterocycles. The molecule has 24 heavy (non-hydrogen) atoms. The maximum absolute atomic E-state index is 9.94. The van der Waals surface area contributed by atoms with Crippen molar-refractivity contribution in [2.45, 2.75) is 18.8 Å². The number of nitrogens with two attached hydrogens (primary N) is 1. The van der Waals surface area contributed by atoms with E-state index >= 15 is 0 Å². The molecule has 0 radical (unpaired) electrons. The van der Waals surface area contributed by atoms with Crippen molar-refractivity contribution < 1.29 is 5.11 Å². The van der Waals surface area contributed by atoms with Gasteiger partial charge in [0.05, 0.1) is 5.69 Å². The number of piperidine rings is 1. The molecule has 4 nitrogen and oxygen atoms in total. The average molecular weight is 386 g/mol. The molecule has 0 spiro atoms. The van der Waals surface area contributed by atoms with Crippen molar-refractivity contribution >= 4 is 27.7 Å². The number of phenolic OH excluding ortho intramolecular Hbond substituents is 1. The van der Waals surface area contributed by atoms with Crippen molar-refractivity contribution in [1.82, 2.24) is 10.3 Å². The molecule has 1 aromatic heterocycles. The first-order valence-corrected chi connectivity index (χ1v) is 9.09. The van der Waals surface area contributed by atoms with Crippen molar-refractivity contribution in [2.75, 3.05) is 13.1 Å². The summed E-state index contributed by atoms with van der Waals surface area (Å²) in [5, 5.41) is 13.4. The van der Waals surface area contributed by atoms with Gasteiger partial charge in [-0.05, 0) is 83.2 Å². The molecule has 1 unspecified atom stereocenters. The lowest BCUT2D eigenvalue weighted by Crippen LogP contribution is -2.32. The maximum Gasteiger partial charge on any atom is 0.116 e. The Morgan fingerprint density at radius 1 is 1.21 bits per heavy atom. The highest BCUT2D eigenvalue weighted by Crippen LogP contribution is 2.43. The van der Waals surface area contributed by atoms with Gasteiger partial charge in [0.1, 0.15) is 5.75 Å². The van der Waals surface area contributed by atoms with E-state index in [1.807, 2.05) is 18.3 Å². The Labute approximate surface area is 149 Å². The first-order chi connectivity index (χ1) is 11.6. The minimum absolute atomic E-state index is 0.197. The predicted molar refractivity (Wildman–Crippen MR) is 99.5 cm³/mol. The monoisotopic (exact) mass is 385 g/mol. The van der Waals surface area contributed by atoms with Crippen LogP contribution in [-0.2, 0) is 0 Å². The summed E-state index contributed by atoms with van der Waals surface area (Å²) in [7, 11) is 0. The van der Waals surface area contributed by atoms with Crippen LogP contribution < -0.4 is 11.1 Å². The number of fused-ring (bicyclic) bond motifs is 2. The van der Waals surface area contributed by atoms with Crippen LogP contribution in [0, 0.1) is 5.92 Å². The van der Waals surface area contributed by atoms with Crippen LogP contribution in [0.5, 0.6) is 5.75 Å². The highest BCUT2D eigenvalue weighted by atomic mass is 79.9. The van der Waals surface area contributed by atoms with Gasteiger partial charge in [-0.1, -0.05) is 6.07 Å². The fourth-order valence-corrected chi connectivity index (χ4v) is 4.30. The first-order valence-electron chi connectivity index (χ1n) is 8.30. The van der Waals surface area contributed by atoms with Gasteiger partial charge in [0.25, 0.3) is 0 Å². The summed E-state index contributed by atoms with van der Waals surface area (Å²) < 4.78 is 0.947. The van der Waals surface area contributed by atoms with Crippen LogP contribution in [0.25, 0.3) is 11.8 Å². The summed E-state index contributed by atoms with van der Waals surface area (Å²) in [6, 6.07) is 7.62. The first kappa shape index (κ1) is 15.7. The zero-order valence-electron chi connectivity index (χ0n) is 13.3. The van der Waals surface area contributed by atoms with Crippen molar-refractivity contribution in [1.29, 1.82) is 0 Å². The Bertz CT molecular complexity index is 812. The SMILES string of the molecule is NC1=Cc2cc(Br)cnc2C(C2CCNCC2)c2ccc(O)cc21. The van der Waals surface area contributed by atoms with E-state index in [-0.39, 0.29) is 11.7 Å². The van der Waals surface area contributed by atoms with E-state index in [2.05, 4.69) is 27.3 Å². The summed E-state index contributed by atoms with van der Waals surface area (Å²) in [5.74, 6) is 0.957. The van der Waals surface area contributed by atoms with Gasteiger partial charge in [-0.25, -0.2) is 0 Å². The molecule has 1 saturated heterocycles. The molecule has 0 bridgehead atoms. The maximum atomic E-state index is 9.94. The second-order valence-corrected chi connectivity index (χ2v) is 7.48. The molecule has 2 aromatic rings. The molecular weight excluding hydrogens is 366 g/mol. The van der Waals surface area contributed by atoms with Gasteiger partial charge >= 0.3 is 0 Å². The Morgan fingerprint density at radius 3 is 2.79 bits per heavy atom. The van der Waals surface area contributed by atoms with Crippen LogP contribution in [0.15, 0.2) is 34.9 Å². The fourth-order valence-electron chi connectivity index (χ4n) is 3.95. The Hall–Kier alpha value is -1.85. The summed E-state index contributed by atoms with van der Waals surface area (Å²) in [6.07, 6.45) is 6.07. The standard InChI is InChI=1S/C19H20BrN3O/c20-13-7-12-8-17(21)16-9-14(24)1-2-15(16)18(19(12)23-10-13)11-3-5-22-6-4-11/h1-2,7-11,18,22,24H,3-6,21H2. The number of aromatic nitrogens is 1. The highest BCUT2D eigenvalue weighted by molar-refractivity contribution is 9.10. The van der Waals surface area contributed by atoms with Gasteiger partial charge in [0.2, 0.25) is 0 Å². The predicted octanol–water partition coefficient (Wildman–Crippen LogP) is 3.45. The number of aromatic hydroxyl groups is 1. The van der Waals surface area contributed by atoms with Crippen LogP contribution >= 0.6 is 15.9 Å². The van der Waals surface area contributed by atoms with Gasteiger partial charge in [-0.2, -0.15) is 0 Å². The third-order valence-corrected chi connectivity index (χ3v) is 5.49. The van der Waals surface area contributed by atoms with Crippen molar-refractivity contribution in [2.24, 2.45) is 11.7 Å². The number of benzene rings is 1. The molecule has 2 aliphatic rings. The average Bonchev–Trinajstić information content (AvgIpc) is 2.69. The summed E-state index contributed by atoms with van der Waals surface area (Å²) in [5.41, 5.74) is 11.3. The summed E-state index contributed by atoms with van der Waals surface area (Å²) in [6.45, 7) is 2.06. The number of hydrogen-bond acceptors (Lipinski definition) is 4. The smallest absolute Gasteiger partial charge is 0.116 e. The molecule has 124 valence electrons. The molecule has 1 atom stereocenters. The minimum atomic E-state index is 0.197. The summed E-state index contributed by atoms with van der Waals surface area (Å²) in [4.78, 5) is 4.76. The lowest BCUT2D eigenvalue weighted by Gasteiger charge is -2.32. The quantitative estimate of drug-likeness (QED) is 0.702. The van der Waals surface area contributed by atoms with Gasteiger partial charge in [-0.3, -0.25) is 4.98 Å². The molecule has 1 aliphatic carbocycles. The van der Waals surface area contributed by atoms with E-state index in [9.17, 15) is 5.11 Å². The van der Waals surface area contributed by atoms with E-state index in [4.69, 9.17) is 10.7 Å². The Morgan fingerprint density at radius 2 is 2.00 bits per heavy atom. The van der Waals surface area contributed by atoms with Crippen molar-refractivity contribution in [3.63, 3.8) is 0 Å². The van der Waals surface area contributed by atoms with E-state index in [0.29, 0.717) is 11.6 Å². The second-order valence-electron chi connectivity index (χ2n) is 6.56. The third-order valence-electron chi connectivity index (χ3n) is 5.06. The van der Waals surface area contributed by atoms with Crippen LogP contribution in [0.4, 0.5) is 0 Å². The number of hydrogen-bond donors (Lipinski definition) is 3. The molecule has 0 saturated carbocycles. The van der Waals surface area contributed by atoms with E-state index < -0.39 is 0 Å². The van der Waals surface area contributed by atoms with Gasteiger partial charge in [0.15, 0.2) is 0 Å². The Balaban J connectivity index is 1.94. The molecule has 0 amide bonds. The van der Waals surface area contributed by atoms with Crippen molar-refractivity contribution in [3.05, 3.63) is 57.3 Å². The second kappa shape index (κ2) is 6.22.